The quantitative estimate of drug-likeness (QED) is 0.718. The van der Waals surface area contributed by atoms with Crippen LogP contribution in [0.1, 0.15) is 6.42 Å². The molecule has 1 amide bonds. The fraction of sp³-hybridized carbons (Fsp3) is 0.300. The number of nitrogens with zero attached hydrogens (tertiary/aromatic N) is 1. The van der Waals surface area contributed by atoms with Crippen LogP contribution in [0.15, 0.2) is 35.3 Å². The van der Waals surface area contributed by atoms with E-state index >= 15 is 0 Å². The zero-order chi connectivity index (χ0) is 10.7. The van der Waals surface area contributed by atoms with Crippen molar-refractivity contribution in [2.24, 2.45) is 5.73 Å². The predicted molar refractivity (Wildman–Crippen MR) is 52.9 cm³/mol. The number of carbonyl (C=O) groups excluding carboxylic acids is 1. The second-order valence-electron chi connectivity index (χ2n) is 3.36. The Kier molecular flexibility index (Phi) is 3.06. The molecule has 2 N–H and O–H groups in total. The molecule has 76 valence electrons. The minimum atomic E-state index is -0.720. The van der Waals surface area contributed by atoms with Crippen molar-refractivity contribution in [3.63, 3.8) is 0 Å². The lowest BCUT2D eigenvalue weighted by Crippen LogP contribution is -2.15. The number of primary amides is 1. The lowest BCUT2D eigenvalue weighted by molar-refractivity contribution is -0.114. The smallest absolute Gasteiger partial charge is 0.251 e. The molecule has 0 saturated heterocycles. The van der Waals surface area contributed by atoms with E-state index in [1.165, 1.54) is 6.08 Å². The third kappa shape index (κ3) is 2.45. The first-order valence-electron chi connectivity index (χ1n) is 4.24. The molecule has 0 radical (unpaired) electrons. The first-order valence-corrected chi connectivity index (χ1v) is 4.24. The van der Waals surface area contributed by atoms with Crippen LogP contribution in [0.5, 0.6) is 0 Å². The Balaban J connectivity index is 2.86. The Morgan fingerprint density at radius 1 is 1.57 bits per heavy atom. The fourth-order valence-corrected chi connectivity index (χ4v) is 1.25. The van der Waals surface area contributed by atoms with Crippen molar-refractivity contribution < 1.29 is 9.18 Å². The molecule has 0 bridgehead atoms. The van der Waals surface area contributed by atoms with Crippen LogP contribution >= 0.6 is 0 Å². The van der Waals surface area contributed by atoms with E-state index in [0.29, 0.717) is 0 Å². The standard InChI is InChI=1S/C10H13FN2O/c1-13(2)6-7-3-4-8(10(12)14)9(11)5-7/h3-4,6H,5H2,1-2H3,(H2,12,14)/b7-6+. The number of nitrogens with two attached hydrogens (primary N) is 1. The molecule has 4 heteroatoms. The maximum absolute atomic E-state index is 13.3. The van der Waals surface area contributed by atoms with Crippen LogP contribution in [0.25, 0.3) is 0 Å². The van der Waals surface area contributed by atoms with Gasteiger partial charge in [0.1, 0.15) is 5.83 Å². The van der Waals surface area contributed by atoms with Crippen LogP contribution in [0, 0.1) is 0 Å². The van der Waals surface area contributed by atoms with E-state index < -0.39 is 11.7 Å². The molecule has 1 aliphatic rings. The summed E-state index contributed by atoms with van der Waals surface area (Å²) in [5.41, 5.74) is 5.78. The van der Waals surface area contributed by atoms with Crippen LogP contribution in [-0.2, 0) is 4.79 Å². The van der Waals surface area contributed by atoms with Gasteiger partial charge in [0.2, 0.25) is 0 Å². The monoisotopic (exact) mass is 196 g/mol. The highest BCUT2D eigenvalue weighted by atomic mass is 19.1. The Hall–Kier alpha value is -1.58. The average molecular weight is 196 g/mol. The summed E-state index contributed by atoms with van der Waals surface area (Å²) in [6.07, 6.45) is 5.04. The lowest BCUT2D eigenvalue weighted by Gasteiger charge is -2.12. The van der Waals surface area contributed by atoms with Gasteiger partial charge in [-0.2, -0.15) is 0 Å². The third-order valence-electron chi connectivity index (χ3n) is 1.81. The van der Waals surface area contributed by atoms with Gasteiger partial charge in [0, 0.05) is 26.7 Å². The number of rotatable bonds is 2. The molecule has 0 aromatic heterocycles. The van der Waals surface area contributed by atoms with Crippen molar-refractivity contribution in [2.75, 3.05) is 14.1 Å². The minimum Gasteiger partial charge on any atom is -0.383 e. The summed E-state index contributed by atoms with van der Waals surface area (Å²) in [7, 11) is 3.71. The summed E-state index contributed by atoms with van der Waals surface area (Å²) < 4.78 is 13.3. The van der Waals surface area contributed by atoms with E-state index in [4.69, 9.17) is 5.73 Å². The van der Waals surface area contributed by atoms with Crippen molar-refractivity contribution in [1.29, 1.82) is 0 Å². The first-order chi connectivity index (χ1) is 6.50. The molecule has 1 aliphatic carbocycles. The van der Waals surface area contributed by atoms with E-state index in [1.54, 1.807) is 12.3 Å². The third-order valence-corrected chi connectivity index (χ3v) is 1.81. The number of hydrogen-bond donors (Lipinski definition) is 1. The maximum atomic E-state index is 13.3. The molecule has 1 rings (SSSR count). The van der Waals surface area contributed by atoms with Gasteiger partial charge in [-0.1, -0.05) is 6.08 Å². The summed E-state index contributed by atoms with van der Waals surface area (Å²) in [4.78, 5) is 12.6. The second-order valence-corrected chi connectivity index (χ2v) is 3.36. The van der Waals surface area contributed by atoms with Gasteiger partial charge in [-0.05, 0) is 11.6 Å². The fourth-order valence-electron chi connectivity index (χ4n) is 1.25. The average Bonchev–Trinajstić information content (AvgIpc) is 2.01. The maximum Gasteiger partial charge on any atom is 0.251 e. The molecular weight excluding hydrogens is 183 g/mol. The van der Waals surface area contributed by atoms with Gasteiger partial charge in [0.05, 0.1) is 5.57 Å². The van der Waals surface area contributed by atoms with Crippen LogP contribution in [0.4, 0.5) is 4.39 Å². The SMILES string of the molecule is CN(C)/C=C1\C=CC(C(N)=O)=C(F)C1. The lowest BCUT2D eigenvalue weighted by atomic mass is 10.0. The van der Waals surface area contributed by atoms with Crippen LogP contribution in [-0.4, -0.2) is 24.9 Å². The second kappa shape index (κ2) is 4.09. The van der Waals surface area contributed by atoms with Crippen molar-refractivity contribution in [2.45, 2.75) is 6.42 Å². The summed E-state index contributed by atoms with van der Waals surface area (Å²) >= 11 is 0. The number of carbonyl (C=O) groups is 1. The number of amides is 1. The summed E-state index contributed by atoms with van der Waals surface area (Å²) in [5, 5.41) is 0. The van der Waals surface area contributed by atoms with Gasteiger partial charge in [0.15, 0.2) is 0 Å². The van der Waals surface area contributed by atoms with Gasteiger partial charge in [-0.25, -0.2) is 4.39 Å². The van der Waals surface area contributed by atoms with E-state index in [0.717, 1.165) is 5.57 Å². The van der Waals surface area contributed by atoms with Crippen LogP contribution in [0.3, 0.4) is 0 Å². The molecule has 0 spiro atoms. The normalized spacial score (nSPS) is 18.9. The van der Waals surface area contributed by atoms with E-state index in [2.05, 4.69) is 0 Å². The van der Waals surface area contributed by atoms with Crippen molar-refractivity contribution in [1.82, 2.24) is 4.90 Å². The van der Waals surface area contributed by atoms with Gasteiger partial charge in [-0.15, -0.1) is 0 Å². The zero-order valence-electron chi connectivity index (χ0n) is 8.25. The molecule has 0 aromatic rings. The molecular formula is C10H13FN2O. The topological polar surface area (TPSA) is 46.3 Å². The highest BCUT2D eigenvalue weighted by molar-refractivity contribution is 5.95. The molecule has 0 aromatic carbocycles. The van der Waals surface area contributed by atoms with Crippen LogP contribution in [0.2, 0.25) is 0 Å². The van der Waals surface area contributed by atoms with Crippen LogP contribution < -0.4 is 5.73 Å². The zero-order valence-corrected chi connectivity index (χ0v) is 8.25. The van der Waals surface area contributed by atoms with Crippen molar-refractivity contribution in [3.05, 3.63) is 35.3 Å². The molecule has 0 heterocycles. The summed E-state index contributed by atoms with van der Waals surface area (Å²) in [5.74, 6) is -1.18. The van der Waals surface area contributed by atoms with Crippen molar-refractivity contribution in [3.8, 4) is 0 Å². The predicted octanol–water partition coefficient (Wildman–Crippen LogP) is 1.10. The van der Waals surface area contributed by atoms with Gasteiger partial charge in [0.25, 0.3) is 5.91 Å². The summed E-state index contributed by atoms with van der Waals surface area (Å²) in [6, 6.07) is 0. The first kappa shape index (κ1) is 10.5. The van der Waals surface area contributed by atoms with E-state index in [1.807, 2.05) is 19.0 Å². The van der Waals surface area contributed by atoms with E-state index in [-0.39, 0.29) is 12.0 Å². The largest absolute Gasteiger partial charge is 0.383 e. The molecule has 0 atom stereocenters. The van der Waals surface area contributed by atoms with Crippen molar-refractivity contribution >= 4 is 5.91 Å². The molecule has 0 fully saturated rings. The van der Waals surface area contributed by atoms with Gasteiger partial charge in [-0.3, -0.25) is 4.79 Å². The Bertz CT molecular complexity index is 340. The Morgan fingerprint density at radius 2 is 2.21 bits per heavy atom. The van der Waals surface area contributed by atoms with E-state index in [9.17, 15) is 9.18 Å². The van der Waals surface area contributed by atoms with Gasteiger partial charge < -0.3 is 10.6 Å². The Morgan fingerprint density at radius 3 is 2.64 bits per heavy atom. The molecule has 3 nitrogen and oxygen atoms in total. The highest BCUT2D eigenvalue weighted by Gasteiger charge is 2.15. The molecule has 0 unspecified atom stereocenters. The highest BCUT2D eigenvalue weighted by Crippen LogP contribution is 2.23. The summed E-state index contributed by atoms with van der Waals surface area (Å²) in [6.45, 7) is 0. The molecule has 0 saturated carbocycles. The molecule has 0 aliphatic heterocycles. The Labute approximate surface area is 82.4 Å². The number of allylic oxidation sites excluding steroid dienone is 3. The van der Waals surface area contributed by atoms with Gasteiger partial charge >= 0.3 is 0 Å². The number of halogens is 1. The minimum absolute atomic E-state index is 0.0269. The number of hydrogen-bond acceptors (Lipinski definition) is 2. The molecule has 14 heavy (non-hydrogen) atoms.